The number of carbonyl (C=O) groups excluding carboxylic acids is 1. The molecule has 1 aromatic heterocycles. The van der Waals surface area contributed by atoms with Crippen molar-refractivity contribution in [2.24, 2.45) is 0 Å². The van der Waals surface area contributed by atoms with Crippen molar-refractivity contribution in [3.63, 3.8) is 0 Å². The molecular weight excluding hydrogens is 220 g/mol. The Morgan fingerprint density at radius 1 is 1.53 bits per heavy atom. The molecule has 0 spiro atoms. The lowest BCUT2D eigenvalue weighted by molar-refractivity contribution is -0.00258. The third-order valence-electron chi connectivity index (χ3n) is 2.36. The van der Waals surface area contributed by atoms with E-state index in [1.54, 1.807) is 40.7 Å². The van der Waals surface area contributed by atoms with Gasteiger partial charge in [-0.25, -0.2) is 4.79 Å². The van der Waals surface area contributed by atoms with E-state index in [1.165, 1.54) is 0 Å². The second-order valence-corrected chi connectivity index (χ2v) is 5.06. The molecule has 0 saturated carbocycles. The second kappa shape index (κ2) is 4.92. The number of furan rings is 1. The molecule has 1 rings (SSSR count). The maximum Gasteiger partial charge on any atom is 0.341 e. The smallest absolute Gasteiger partial charge is 0.341 e. The molecule has 1 atom stereocenters. The van der Waals surface area contributed by atoms with Gasteiger partial charge in [-0.2, -0.15) is 0 Å². The van der Waals surface area contributed by atoms with Crippen LogP contribution in [0.4, 0.5) is 0 Å². The summed E-state index contributed by atoms with van der Waals surface area (Å²) in [7, 11) is 0. The van der Waals surface area contributed by atoms with Gasteiger partial charge in [-0.3, -0.25) is 0 Å². The molecule has 96 valence electrons. The third-order valence-corrected chi connectivity index (χ3v) is 2.36. The summed E-state index contributed by atoms with van der Waals surface area (Å²) in [6, 6.07) is 1.66. The summed E-state index contributed by atoms with van der Waals surface area (Å²) in [5.74, 6) is 0.837. The van der Waals surface area contributed by atoms with E-state index < -0.39 is 11.6 Å². The van der Waals surface area contributed by atoms with Crippen LogP contribution in [0.3, 0.4) is 0 Å². The standard InChI is InChI=1S/C13H20O4/c1-8-6-11(10(3)16-8)12(14)17-9(2)7-13(4,5)15/h6,9,15H,7H2,1-5H3/t9-/m0/s1. The van der Waals surface area contributed by atoms with Gasteiger partial charge in [-0.1, -0.05) is 0 Å². The van der Waals surface area contributed by atoms with Crippen molar-refractivity contribution in [1.82, 2.24) is 0 Å². The fourth-order valence-corrected chi connectivity index (χ4v) is 1.82. The van der Waals surface area contributed by atoms with Crippen LogP contribution in [0, 0.1) is 13.8 Å². The van der Waals surface area contributed by atoms with E-state index in [0.29, 0.717) is 23.5 Å². The predicted octanol–water partition coefficient (Wildman–Crippen LogP) is 2.60. The summed E-state index contributed by atoms with van der Waals surface area (Å²) >= 11 is 0. The summed E-state index contributed by atoms with van der Waals surface area (Å²) in [6.07, 6.45) is 0.0614. The summed E-state index contributed by atoms with van der Waals surface area (Å²) < 4.78 is 10.5. The van der Waals surface area contributed by atoms with Crippen molar-refractivity contribution >= 4 is 5.97 Å². The minimum absolute atomic E-state index is 0.336. The number of aliphatic hydroxyl groups is 1. The van der Waals surface area contributed by atoms with Crippen LogP contribution in [0.5, 0.6) is 0 Å². The first-order chi connectivity index (χ1) is 7.69. The van der Waals surface area contributed by atoms with E-state index in [1.807, 2.05) is 0 Å². The molecule has 0 aliphatic carbocycles. The molecule has 0 saturated heterocycles. The van der Waals surface area contributed by atoms with Crippen molar-refractivity contribution in [2.75, 3.05) is 0 Å². The molecule has 0 aliphatic heterocycles. The average Bonchev–Trinajstić information content (AvgIpc) is 2.41. The van der Waals surface area contributed by atoms with Crippen molar-refractivity contribution < 1.29 is 19.1 Å². The quantitative estimate of drug-likeness (QED) is 0.822. The van der Waals surface area contributed by atoms with Crippen molar-refractivity contribution in [2.45, 2.75) is 52.7 Å². The summed E-state index contributed by atoms with van der Waals surface area (Å²) in [5, 5.41) is 9.62. The molecule has 0 radical (unpaired) electrons. The van der Waals surface area contributed by atoms with E-state index >= 15 is 0 Å². The zero-order chi connectivity index (χ0) is 13.2. The molecule has 1 N–H and O–H groups in total. The maximum atomic E-state index is 11.8. The molecule has 1 heterocycles. The topological polar surface area (TPSA) is 59.7 Å². The molecule has 0 bridgehead atoms. The highest BCUT2D eigenvalue weighted by Gasteiger charge is 2.22. The van der Waals surface area contributed by atoms with Gasteiger partial charge in [0.05, 0.1) is 5.60 Å². The number of esters is 1. The van der Waals surface area contributed by atoms with Gasteiger partial charge in [0.25, 0.3) is 0 Å². The van der Waals surface area contributed by atoms with Crippen LogP contribution in [0.1, 0.15) is 49.1 Å². The van der Waals surface area contributed by atoms with Gasteiger partial charge in [-0.15, -0.1) is 0 Å². The molecule has 0 unspecified atom stereocenters. The minimum Gasteiger partial charge on any atom is -0.466 e. The Morgan fingerprint density at radius 2 is 2.12 bits per heavy atom. The normalized spacial score (nSPS) is 13.5. The SMILES string of the molecule is Cc1cc(C(=O)O[C@@H](C)CC(C)(C)O)c(C)o1. The highest BCUT2D eigenvalue weighted by Crippen LogP contribution is 2.18. The number of carbonyl (C=O) groups is 1. The largest absolute Gasteiger partial charge is 0.466 e. The number of aryl methyl sites for hydroxylation is 2. The Bertz CT molecular complexity index is 398. The minimum atomic E-state index is -0.846. The van der Waals surface area contributed by atoms with Crippen LogP contribution in [0.15, 0.2) is 10.5 Å². The Hall–Kier alpha value is -1.29. The van der Waals surface area contributed by atoms with Gasteiger partial charge in [-0.05, 0) is 40.7 Å². The Morgan fingerprint density at radius 3 is 2.53 bits per heavy atom. The van der Waals surface area contributed by atoms with Gasteiger partial charge in [0.1, 0.15) is 23.2 Å². The van der Waals surface area contributed by atoms with Crippen LogP contribution < -0.4 is 0 Å². The average molecular weight is 240 g/mol. The third kappa shape index (κ3) is 4.23. The summed E-state index contributed by atoms with van der Waals surface area (Å²) in [6.45, 7) is 8.64. The fraction of sp³-hybridized carbons (Fsp3) is 0.615. The molecular formula is C13H20O4. The monoisotopic (exact) mass is 240 g/mol. The predicted molar refractivity (Wildman–Crippen MR) is 64.0 cm³/mol. The molecule has 0 amide bonds. The van der Waals surface area contributed by atoms with Crippen molar-refractivity contribution in [3.8, 4) is 0 Å². The highest BCUT2D eigenvalue weighted by molar-refractivity contribution is 5.90. The molecule has 0 aliphatic rings. The molecule has 17 heavy (non-hydrogen) atoms. The fourth-order valence-electron chi connectivity index (χ4n) is 1.82. The lowest BCUT2D eigenvalue weighted by atomic mass is 10.0. The molecule has 1 aromatic rings. The highest BCUT2D eigenvalue weighted by atomic mass is 16.5. The van der Waals surface area contributed by atoms with Crippen molar-refractivity contribution in [1.29, 1.82) is 0 Å². The van der Waals surface area contributed by atoms with Gasteiger partial charge in [0.15, 0.2) is 0 Å². The number of hydrogen-bond acceptors (Lipinski definition) is 4. The van der Waals surface area contributed by atoms with Crippen molar-refractivity contribution in [3.05, 3.63) is 23.2 Å². The van der Waals surface area contributed by atoms with Gasteiger partial charge >= 0.3 is 5.97 Å². The Kier molecular flexibility index (Phi) is 3.98. The molecule has 4 nitrogen and oxygen atoms in total. The number of hydrogen-bond donors (Lipinski definition) is 1. The lowest BCUT2D eigenvalue weighted by Gasteiger charge is -2.22. The molecule has 0 aromatic carbocycles. The Balaban J connectivity index is 2.64. The van der Waals surface area contributed by atoms with Gasteiger partial charge < -0.3 is 14.3 Å². The number of rotatable bonds is 4. The van der Waals surface area contributed by atoms with Crippen LogP contribution >= 0.6 is 0 Å². The zero-order valence-corrected chi connectivity index (χ0v) is 11.0. The van der Waals surface area contributed by atoms with Crippen LogP contribution in [-0.2, 0) is 4.74 Å². The van der Waals surface area contributed by atoms with Crippen LogP contribution in [-0.4, -0.2) is 22.8 Å². The van der Waals surface area contributed by atoms with E-state index in [4.69, 9.17) is 9.15 Å². The molecule has 0 fully saturated rings. The van der Waals surface area contributed by atoms with Crippen LogP contribution in [0.2, 0.25) is 0 Å². The van der Waals surface area contributed by atoms with Gasteiger partial charge in [0.2, 0.25) is 0 Å². The van der Waals surface area contributed by atoms with Crippen LogP contribution in [0.25, 0.3) is 0 Å². The van der Waals surface area contributed by atoms with Gasteiger partial charge in [0, 0.05) is 6.42 Å². The first kappa shape index (κ1) is 13.8. The van der Waals surface area contributed by atoms with E-state index in [2.05, 4.69) is 0 Å². The summed E-state index contributed by atoms with van der Waals surface area (Å²) in [4.78, 5) is 11.8. The summed E-state index contributed by atoms with van der Waals surface area (Å²) in [5.41, 5.74) is -0.397. The lowest BCUT2D eigenvalue weighted by Crippen LogP contribution is -2.27. The maximum absolute atomic E-state index is 11.8. The zero-order valence-electron chi connectivity index (χ0n) is 11.0. The number of ether oxygens (including phenoxy) is 1. The Labute approximate surface area is 102 Å². The first-order valence-electron chi connectivity index (χ1n) is 5.69. The molecule has 4 heteroatoms. The first-order valence-corrected chi connectivity index (χ1v) is 5.69. The van der Waals surface area contributed by atoms with E-state index in [0.717, 1.165) is 0 Å². The van der Waals surface area contributed by atoms with E-state index in [9.17, 15) is 9.90 Å². The van der Waals surface area contributed by atoms with E-state index in [-0.39, 0.29) is 6.10 Å². The second-order valence-electron chi connectivity index (χ2n) is 5.06.